The van der Waals surface area contributed by atoms with Gasteiger partial charge in [-0.3, -0.25) is 14.5 Å². The minimum atomic E-state index is -0.196. The first-order chi connectivity index (χ1) is 13.1. The number of benzene rings is 1. The van der Waals surface area contributed by atoms with Crippen molar-refractivity contribution >= 4 is 36.6 Å². The Bertz CT molecular complexity index is 674. The van der Waals surface area contributed by atoms with Crippen molar-refractivity contribution in [3.05, 3.63) is 35.4 Å². The molecule has 164 valence electrons. The number of likely N-dealkylation sites (tertiary alicyclic amines) is 1. The van der Waals surface area contributed by atoms with E-state index >= 15 is 0 Å². The zero-order valence-corrected chi connectivity index (χ0v) is 18.5. The number of amides is 2. The Morgan fingerprint density at radius 2 is 1.86 bits per heavy atom. The molecule has 0 radical (unpaired) electrons. The largest absolute Gasteiger partial charge is 0.369 e. The van der Waals surface area contributed by atoms with Gasteiger partial charge in [-0.2, -0.15) is 0 Å². The van der Waals surface area contributed by atoms with Gasteiger partial charge in [-0.1, -0.05) is 30.7 Å². The predicted octanol–water partition coefficient (Wildman–Crippen LogP) is 2.22. The summed E-state index contributed by atoms with van der Waals surface area (Å²) in [5, 5.41) is 3.09. The number of primary amides is 1. The standard InChI is InChI=1S/C21H32N4O2.2ClH/c22-11-17-6-2-8-19(17)21(27)24-12-15-4-1-5-16(10-15)13-25-9-3-7-18(14-25)20(23)26;;/h1,4-5,10,17-19H,2-3,6-9,11-14,22H2,(H2,23,26)(H,24,27);2*1H/t17-,18?,19-;;/m1../s1. The Morgan fingerprint density at radius 1 is 1.10 bits per heavy atom. The maximum Gasteiger partial charge on any atom is 0.223 e. The van der Waals surface area contributed by atoms with Gasteiger partial charge in [0.15, 0.2) is 0 Å². The van der Waals surface area contributed by atoms with Crippen LogP contribution in [-0.4, -0.2) is 36.3 Å². The van der Waals surface area contributed by atoms with Gasteiger partial charge < -0.3 is 16.8 Å². The fraction of sp³-hybridized carbons (Fsp3) is 0.619. The van der Waals surface area contributed by atoms with Crippen LogP contribution in [0.15, 0.2) is 24.3 Å². The molecule has 1 saturated heterocycles. The van der Waals surface area contributed by atoms with Gasteiger partial charge in [0.2, 0.25) is 11.8 Å². The number of piperidine rings is 1. The molecule has 3 atom stereocenters. The van der Waals surface area contributed by atoms with Crippen LogP contribution in [0.4, 0.5) is 0 Å². The molecule has 1 heterocycles. The van der Waals surface area contributed by atoms with E-state index in [0.29, 0.717) is 19.0 Å². The summed E-state index contributed by atoms with van der Waals surface area (Å²) in [6.45, 7) is 3.68. The average molecular weight is 445 g/mol. The molecule has 0 aromatic heterocycles. The molecule has 1 saturated carbocycles. The third-order valence-corrected chi connectivity index (χ3v) is 6.07. The smallest absolute Gasteiger partial charge is 0.223 e. The molecular weight excluding hydrogens is 411 g/mol. The fourth-order valence-electron chi connectivity index (χ4n) is 4.51. The molecule has 2 amide bonds. The summed E-state index contributed by atoms with van der Waals surface area (Å²) in [6, 6.07) is 8.32. The molecular formula is C21H34Cl2N4O2. The first-order valence-electron chi connectivity index (χ1n) is 10.1. The van der Waals surface area contributed by atoms with Crippen LogP contribution in [0.25, 0.3) is 0 Å². The highest BCUT2D eigenvalue weighted by Crippen LogP contribution is 2.31. The molecule has 1 aromatic rings. The lowest BCUT2D eigenvalue weighted by molar-refractivity contribution is -0.126. The van der Waals surface area contributed by atoms with E-state index in [1.165, 1.54) is 5.56 Å². The zero-order chi connectivity index (χ0) is 19.2. The molecule has 29 heavy (non-hydrogen) atoms. The van der Waals surface area contributed by atoms with Crippen molar-refractivity contribution in [2.75, 3.05) is 19.6 Å². The highest BCUT2D eigenvalue weighted by molar-refractivity contribution is 5.85. The topological polar surface area (TPSA) is 101 Å². The van der Waals surface area contributed by atoms with Gasteiger partial charge in [-0.05, 0) is 55.8 Å². The Kier molecular flexibility index (Phi) is 11.0. The molecule has 2 fully saturated rings. The molecule has 1 aliphatic heterocycles. The van der Waals surface area contributed by atoms with Gasteiger partial charge >= 0.3 is 0 Å². The summed E-state index contributed by atoms with van der Waals surface area (Å²) in [5.74, 6) is 0.293. The van der Waals surface area contributed by atoms with E-state index in [9.17, 15) is 9.59 Å². The summed E-state index contributed by atoms with van der Waals surface area (Å²) >= 11 is 0. The van der Waals surface area contributed by atoms with E-state index in [1.807, 2.05) is 12.1 Å². The Balaban J connectivity index is 0.00000210. The lowest BCUT2D eigenvalue weighted by Crippen LogP contribution is -2.40. The minimum Gasteiger partial charge on any atom is -0.369 e. The van der Waals surface area contributed by atoms with Crippen molar-refractivity contribution < 1.29 is 9.59 Å². The van der Waals surface area contributed by atoms with Gasteiger partial charge in [-0.25, -0.2) is 0 Å². The van der Waals surface area contributed by atoms with Gasteiger partial charge in [0.1, 0.15) is 0 Å². The van der Waals surface area contributed by atoms with Gasteiger partial charge in [0.25, 0.3) is 0 Å². The van der Waals surface area contributed by atoms with Crippen molar-refractivity contribution in [3.63, 3.8) is 0 Å². The van der Waals surface area contributed by atoms with Crippen LogP contribution < -0.4 is 16.8 Å². The number of nitrogens with one attached hydrogen (secondary N) is 1. The molecule has 1 unspecified atom stereocenters. The summed E-state index contributed by atoms with van der Waals surface area (Å²) < 4.78 is 0. The van der Waals surface area contributed by atoms with Crippen LogP contribution in [-0.2, 0) is 22.7 Å². The number of halogens is 2. The van der Waals surface area contributed by atoms with Gasteiger partial charge in [0.05, 0.1) is 5.92 Å². The normalized spacial score (nSPS) is 24.2. The van der Waals surface area contributed by atoms with Crippen molar-refractivity contribution in [1.29, 1.82) is 0 Å². The minimum absolute atomic E-state index is 0. The number of carbonyl (C=O) groups is 2. The average Bonchev–Trinajstić information content (AvgIpc) is 3.15. The van der Waals surface area contributed by atoms with Crippen LogP contribution in [0.1, 0.15) is 43.2 Å². The lowest BCUT2D eigenvalue weighted by atomic mass is 9.95. The van der Waals surface area contributed by atoms with Crippen LogP contribution in [0.5, 0.6) is 0 Å². The Hall–Kier alpha value is -1.34. The predicted molar refractivity (Wildman–Crippen MR) is 120 cm³/mol. The third-order valence-electron chi connectivity index (χ3n) is 6.07. The van der Waals surface area contributed by atoms with Crippen molar-refractivity contribution in [2.45, 2.75) is 45.2 Å². The Labute approximate surface area is 186 Å². The highest BCUT2D eigenvalue weighted by Gasteiger charge is 2.31. The van der Waals surface area contributed by atoms with E-state index in [-0.39, 0.29) is 48.5 Å². The summed E-state index contributed by atoms with van der Waals surface area (Å²) in [6.07, 6.45) is 5.00. The second kappa shape index (κ2) is 12.4. The van der Waals surface area contributed by atoms with E-state index < -0.39 is 0 Å². The molecule has 0 spiro atoms. The van der Waals surface area contributed by atoms with Crippen LogP contribution in [0, 0.1) is 17.8 Å². The van der Waals surface area contributed by atoms with E-state index in [4.69, 9.17) is 11.5 Å². The SMILES string of the molecule is Cl.Cl.NC[C@H]1CCC[C@H]1C(=O)NCc1cccc(CN2CCCC(C(N)=O)C2)c1. The number of carbonyl (C=O) groups excluding carboxylic acids is 2. The van der Waals surface area contributed by atoms with E-state index in [1.54, 1.807) is 0 Å². The maximum absolute atomic E-state index is 12.5. The van der Waals surface area contributed by atoms with Crippen molar-refractivity contribution in [1.82, 2.24) is 10.2 Å². The highest BCUT2D eigenvalue weighted by atomic mass is 35.5. The number of nitrogens with two attached hydrogens (primary N) is 2. The fourth-order valence-corrected chi connectivity index (χ4v) is 4.51. The molecule has 1 aromatic carbocycles. The van der Waals surface area contributed by atoms with E-state index in [2.05, 4.69) is 22.3 Å². The van der Waals surface area contributed by atoms with Gasteiger partial charge in [-0.15, -0.1) is 24.8 Å². The van der Waals surface area contributed by atoms with Gasteiger partial charge in [0, 0.05) is 25.6 Å². The van der Waals surface area contributed by atoms with Crippen molar-refractivity contribution in [3.8, 4) is 0 Å². The molecule has 1 aliphatic carbocycles. The monoisotopic (exact) mass is 444 g/mol. The second-order valence-electron chi connectivity index (χ2n) is 8.05. The third kappa shape index (κ3) is 7.14. The van der Waals surface area contributed by atoms with Crippen LogP contribution in [0.2, 0.25) is 0 Å². The van der Waals surface area contributed by atoms with Crippen LogP contribution >= 0.6 is 24.8 Å². The maximum atomic E-state index is 12.5. The van der Waals surface area contributed by atoms with Crippen LogP contribution in [0.3, 0.4) is 0 Å². The number of hydrogen-bond donors (Lipinski definition) is 3. The summed E-state index contributed by atoms with van der Waals surface area (Å²) in [4.78, 5) is 26.2. The number of hydrogen-bond acceptors (Lipinski definition) is 4. The molecule has 3 rings (SSSR count). The second-order valence-corrected chi connectivity index (χ2v) is 8.05. The first-order valence-corrected chi connectivity index (χ1v) is 10.1. The molecule has 8 heteroatoms. The zero-order valence-electron chi connectivity index (χ0n) is 16.8. The number of rotatable bonds is 7. The molecule has 2 aliphatic rings. The molecule has 6 nitrogen and oxygen atoms in total. The summed E-state index contributed by atoms with van der Waals surface area (Å²) in [7, 11) is 0. The van der Waals surface area contributed by atoms with Crippen molar-refractivity contribution in [2.24, 2.45) is 29.2 Å². The quantitative estimate of drug-likeness (QED) is 0.599. The Morgan fingerprint density at radius 3 is 2.59 bits per heavy atom. The number of nitrogens with zero attached hydrogens (tertiary/aromatic N) is 1. The first kappa shape index (κ1) is 25.7. The molecule has 5 N–H and O–H groups in total. The summed E-state index contributed by atoms with van der Waals surface area (Å²) in [5.41, 5.74) is 13.6. The van der Waals surface area contributed by atoms with E-state index in [0.717, 1.165) is 57.3 Å². The lowest BCUT2D eigenvalue weighted by Gasteiger charge is -2.31. The molecule has 0 bridgehead atoms.